The summed E-state index contributed by atoms with van der Waals surface area (Å²) in [5, 5.41) is 3.48. The van der Waals surface area contributed by atoms with Gasteiger partial charge in [-0.2, -0.15) is 0 Å². The summed E-state index contributed by atoms with van der Waals surface area (Å²) in [6, 6.07) is 12.6. The van der Waals surface area contributed by atoms with Crippen LogP contribution in [-0.4, -0.2) is 56.6 Å². The molecule has 0 heterocycles. The second-order valence-electron chi connectivity index (χ2n) is 9.28. The van der Waals surface area contributed by atoms with Crippen molar-refractivity contribution in [3.05, 3.63) is 59.1 Å². The lowest BCUT2D eigenvalue weighted by molar-refractivity contribution is -0.141. The maximum Gasteiger partial charge on any atom is 0.244 e. The van der Waals surface area contributed by atoms with E-state index in [2.05, 4.69) is 5.32 Å². The Morgan fingerprint density at radius 3 is 2.26 bits per heavy atom. The zero-order valence-corrected chi connectivity index (χ0v) is 22.6. The van der Waals surface area contributed by atoms with Crippen molar-refractivity contribution in [2.24, 2.45) is 0 Å². The third-order valence-electron chi connectivity index (χ3n) is 5.17. The van der Waals surface area contributed by atoms with Crippen molar-refractivity contribution in [3.8, 4) is 5.75 Å². The highest BCUT2D eigenvalue weighted by Gasteiger charge is 2.33. The largest absolute Gasteiger partial charge is 0.497 e. The second-order valence-corrected chi connectivity index (χ2v) is 11.6. The first kappa shape index (κ1) is 28.5. The normalized spacial score (nSPS) is 12.5. The third-order valence-corrected chi connectivity index (χ3v) is 6.56. The van der Waals surface area contributed by atoms with Gasteiger partial charge in [0, 0.05) is 23.2 Å². The number of amides is 2. The van der Waals surface area contributed by atoms with Gasteiger partial charge < -0.3 is 15.0 Å². The van der Waals surface area contributed by atoms with Crippen molar-refractivity contribution in [3.63, 3.8) is 0 Å². The molecule has 192 valence electrons. The van der Waals surface area contributed by atoms with Crippen LogP contribution in [0.1, 0.15) is 39.7 Å². The predicted molar refractivity (Wildman–Crippen MR) is 139 cm³/mol. The van der Waals surface area contributed by atoms with E-state index >= 15 is 0 Å². The van der Waals surface area contributed by atoms with E-state index in [4.69, 9.17) is 16.3 Å². The average Bonchev–Trinajstić information content (AvgIpc) is 2.76. The van der Waals surface area contributed by atoms with E-state index in [1.807, 2.05) is 27.7 Å². The molecule has 1 N–H and O–H groups in total. The Morgan fingerprint density at radius 2 is 1.74 bits per heavy atom. The van der Waals surface area contributed by atoms with Crippen LogP contribution >= 0.6 is 11.6 Å². The van der Waals surface area contributed by atoms with Crippen LogP contribution in [0.25, 0.3) is 0 Å². The number of halogens is 1. The molecule has 0 saturated carbocycles. The molecule has 35 heavy (non-hydrogen) atoms. The summed E-state index contributed by atoms with van der Waals surface area (Å²) in [5.41, 5.74) is 0.551. The number of benzene rings is 2. The van der Waals surface area contributed by atoms with E-state index < -0.39 is 34.1 Å². The van der Waals surface area contributed by atoms with Gasteiger partial charge in [-0.1, -0.05) is 36.7 Å². The SMILES string of the molecule is CCC(C(=O)NC(C)(C)C)N(Cc1ccc(Cl)cc1)C(=O)CN(c1cccc(OC)c1)S(C)(=O)=O. The van der Waals surface area contributed by atoms with Crippen molar-refractivity contribution >= 4 is 39.1 Å². The molecule has 1 unspecified atom stereocenters. The standard InChI is InChI=1S/C25H34ClN3O5S/c1-7-22(24(31)27-25(2,3)4)28(16-18-11-13-19(26)14-12-18)23(30)17-29(35(6,32)33)20-9-8-10-21(15-20)34-5/h8-15,22H,7,16-17H2,1-6H3,(H,27,31). The molecule has 1 atom stereocenters. The number of nitrogens with one attached hydrogen (secondary N) is 1. The lowest BCUT2D eigenvalue weighted by Crippen LogP contribution is -2.55. The van der Waals surface area contributed by atoms with Gasteiger partial charge in [0.05, 0.1) is 19.1 Å². The predicted octanol–water partition coefficient (Wildman–Crippen LogP) is 3.84. The highest BCUT2D eigenvalue weighted by Crippen LogP contribution is 2.24. The Balaban J connectivity index is 2.46. The third kappa shape index (κ3) is 8.43. The van der Waals surface area contributed by atoms with E-state index in [0.29, 0.717) is 22.9 Å². The van der Waals surface area contributed by atoms with E-state index in [1.54, 1.807) is 48.5 Å². The molecule has 0 aliphatic rings. The number of ether oxygens (including phenoxy) is 1. The second kappa shape index (κ2) is 11.8. The number of carbonyl (C=O) groups is 2. The molecule has 0 aliphatic carbocycles. The number of hydrogen-bond acceptors (Lipinski definition) is 5. The first-order valence-electron chi connectivity index (χ1n) is 11.2. The minimum atomic E-state index is -3.82. The summed E-state index contributed by atoms with van der Waals surface area (Å²) < 4.78 is 31.6. The quantitative estimate of drug-likeness (QED) is 0.510. The summed E-state index contributed by atoms with van der Waals surface area (Å²) in [5.74, 6) is -0.365. The fourth-order valence-electron chi connectivity index (χ4n) is 3.54. The molecule has 0 bridgehead atoms. The average molecular weight is 524 g/mol. The van der Waals surface area contributed by atoms with Crippen molar-refractivity contribution < 1.29 is 22.7 Å². The zero-order chi connectivity index (χ0) is 26.4. The van der Waals surface area contributed by atoms with Crippen LogP contribution in [0.15, 0.2) is 48.5 Å². The van der Waals surface area contributed by atoms with Gasteiger partial charge in [0.15, 0.2) is 0 Å². The first-order valence-corrected chi connectivity index (χ1v) is 13.5. The number of hydrogen-bond donors (Lipinski definition) is 1. The lowest BCUT2D eigenvalue weighted by Gasteiger charge is -2.34. The van der Waals surface area contributed by atoms with Gasteiger partial charge in [0.25, 0.3) is 0 Å². The molecule has 10 heteroatoms. The Kier molecular flexibility index (Phi) is 9.57. The van der Waals surface area contributed by atoms with Crippen molar-refractivity contribution in [2.45, 2.75) is 52.2 Å². The topological polar surface area (TPSA) is 96.0 Å². The molecule has 0 aromatic heterocycles. The van der Waals surface area contributed by atoms with Gasteiger partial charge in [-0.15, -0.1) is 0 Å². The summed E-state index contributed by atoms with van der Waals surface area (Å²) in [4.78, 5) is 28.2. The van der Waals surface area contributed by atoms with Crippen LogP contribution in [0.4, 0.5) is 5.69 Å². The summed E-state index contributed by atoms with van der Waals surface area (Å²) in [6.45, 7) is 7.03. The Hall–Kier alpha value is -2.78. The Bertz CT molecular complexity index is 1130. The molecule has 2 amide bonds. The van der Waals surface area contributed by atoms with Crippen molar-refractivity contribution in [2.75, 3.05) is 24.2 Å². The van der Waals surface area contributed by atoms with Gasteiger partial charge in [-0.3, -0.25) is 13.9 Å². The Labute approximate surface area is 213 Å². The molecule has 8 nitrogen and oxygen atoms in total. The molecule has 0 radical (unpaired) electrons. The molecule has 0 fully saturated rings. The van der Waals surface area contributed by atoms with E-state index in [-0.39, 0.29) is 12.5 Å². The van der Waals surface area contributed by atoms with E-state index in [1.165, 1.54) is 12.0 Å². The van der Waals surface area contributed by atoms with Crippen LogP contribution in [0.2, 0.25) is 5.02 Å². The number of methoxy groups -OCH3 is 1. The maximum absolute atomic E-state index is 13.7. The van der Waals surface area contributed by atoms with E-state index in [9.17, 15) is 18.0 Å². The first-order chi connectivity index (χ1) is 16.2. The summed E-state index contributed by atoms with van der Waals surface area (Å²) >= 11 is 6.01. The van der Waals surface area contributed by atoms with Gasteiger partial charge in [0.1, 0.15) is 18.3 Å². The number of sulfonamides is 1. The minimum Gasteiger partial charge on any atom is -0.497 e. The fourth-order valence-corrected chi connectivity index (χ4v) is 4.51. The lowest BCUT2D eigenvalue weighted by atomic mass is 10.1. The number of anilines is 1. The summed E-state index contributed by atoms with van der Waals surface area (Å²) in [6.07, 6.45) is 1.38. The molecule has 0 saturated heterocycles. The molecule has 0 aliphatic heterocycles. The van der Waals surface area contributed by atoms with Crippen LogP contribution in [0.5, 0.6) is 5.75 Å². The van der Waals surface area contributed by atoms with Gasteiger partial charge in [-0.25, -0.2) is 8.42 Å². The molecule has 2 aromatic carbocycles. The Morgan fingerprint density at radius 1 is 1.11 bits per heavy atom. The highest BCUT2D eigenvalue weighted by molar-refractivity contribution is 7.92. The summed E-state index contributed by atoms with van der Waals surface area (Å²) in [7, 11) is -2.34. The van der Waals surface area contributed by atoms with E-state index in [0.717, 1.165) is 16.1 Å². The van der Waals surface area contributed by atoms with Crippen LogP contribution in [-0.2, 0) is 26.2 Å². The van der Waals surface area contributed by atoms with Crippen LogP contribution in [0, 0.1) is 0 Å². The molecule has 0 spiro atoms. The van der Waals surface area contributed by atoms with Crippen LogP contribution in [0.3, 0.4) is 0 Å². The van der Waals surface area contributed by atoms with Gasteiger partial charge >= 0.3 is 0 Å². The number of carbonyl (C=O) groups excluding carboxylic acids is 2. The van der Waals surface area contributed by atoms with Crippen molar-refractivity contribution in [1.29, 1.82) is 0 Å². The molecular formula is C25H34ClN3O5S. The molecule has 2 aromatic rings. The number of rotatable bonds is 10. The highest BCUT2D eigenvalue weighted by atomic mass is 35.5. The van der Waals surface area contributed by atoms with Crippen LogP contribution < -0.4 is 14.4 Å². The monoisotopic (exact) mass is 523 g/mol. The zero-order valence-electron chi connectivity index (χ0n) is 21.0. The minimum absolute atomic E-state index is 0.113. The smallest absolute Gasteiger partial charge is 0.244 e. The van der Waals surface area contributed by atoms with Gasteiger partial charge in [-0.05, 0) is 57.0 Å². The molecule has 2 rings (SSSR count). The van der Waals surface area contributed by atoms with Crippen molar-refractivity contribution in [1.82, 2.24) is 10.2 Å². The maximum atomic E-state index is 13.7. The molecular weight excluding hydrogens is 490 g/mol. The number of nitrogens with zero attached hydrogens (tertiary/aromatic N) is 2. The van der Waals surface area contributed by atoms with Gasteiger partial charge in [0.2, 0.25) is 21.8 Å². The fraction of sp³-hybridized carbons (Fsp3) is 0.440.